The van der Waals surface area contributed by atoms with Gasteiger partial charge in [-0.2, -0.15) is 13.2 Å². The minimum atomic E-state index is -4.78. The topological polar surface area (TPSA) is 54.8 Å². The first kappa shape index (κ1) is 22.7. The first-order valence-electron chi connectivity index (χ1n) is 10.3. The molecule has 2 aliphatic heterocycles. The highest BCUT2D eigenvalue weighted by Crippen LogP contribution is 2.49. The predicted molar refractivity (Wildman–Crippen MR) is 121 cm³/mol. The fraction of sp³-hybridized carbons (Fsp3) is 0.208. The van der Waals surface area contributed by atoms with Crippen LogP contribution in [0, 0.1) is 0 Å². The fourth-order valence-electron chi connectivity index (χ4n) is 4.22. The molecule has 3 heterocycles. The van der Waals surface area contributed by atoms with Crippen LogP contribution in [0.3, 0.4) is 0 Å². The van der Waals surface area contributed by atoms with Gasteiger partial charge in [0.15, 0.2) is 0 Å². The van der Waals surface area contributed by atoms with Crippen molar-refractivity contribution in [2.45, 2.75) is 31.3 Å². The Morgan fingerprint density at radius 2 is 1.82 bits per heavy atom. The number of pyridine rings is 1. The van der Waals surface area contributed by atoms with Gasteiger partial charge in [-0.3, -0.25) is 9.78 Å². The number of benzene rings is 2. The normalized spacial score (nSPS) is 19.7. The molecule has 5 rings (SSSR count). The van der Waals surface area contributed by atoms with Crippen LogP contribution in [0.4, 0.5) is 13.2 Å². The summed E-state index contributed by atoms with van der Waals surface area (Å²) in [4.78, 5) is 23.7. The van der Waals surface area contributed by atoms with E-state index >= 15 is 0 Å². The zero-order valence-corrected chi connectivity index (χ0v) is 19.0. The van der Waals surface area contributed by atoms with Crippen molar-refractivity contribution >= 4 is 34.8 Å². The highest BCUT2D eigenvalue weighted by molar-refractivity contribution is 6.34. The highest BCUT2D eigenvalue weighted by atomic mass is 35.5. The molecule has 0 N–H and O–H groups in total. The average Bonchev–Trinajstić information content (AvgIpc) is 3.37. The first-order valence-corrected chi connectivity index (χ1v) is 11.0. The highest BCUT2D eigenvalue weighted by Gasteiger charge is 2.62. The molecule has 0 aliphatic carbocycles. The summed E-state index contributed by atoms with van der Waals surface area (Å²) in [7, 11) is 0. The summed E-state index contributed by atoms with van der Waals surface area (Å²) in [6.07, 6.45) is -3.69. The number of carbonyl (C=O) groups excluding carboxylic acids is 1. The van der Waals surface area contributed by atoms with Crippen molar-refractivity contribution in [3.63, 3.8) is 0 Å². The van der Waals surface area contributed by atoms with Crippen molar-refractivity contribution in [1.82, 2.24) is 9.88 Å². The number of fused-ring (bicyclic) bond motifs is 1. The van der Waals surface area contributed by atoms with E-state index in [2.05, 4.69) is 10.1 Å². The van der Waals surface area contributed by atoms with E-state index in [9.17, 15) is 18.0 Å². The lowest BCUT2D eigenvalue weighted by Gasteiger charge is -2.29. The number of carbonyl (C=O) groups is 1. The van der Waals surface area contributed by atoms with Gasteiger partial charge in [-0.1, -0.05) is 40.5 Å². The first-order chi connectivity index (χ1) is 16.2. The quantitative estimate of drug-likeness (QED) is 0.428. The lowest BCUT2D eigenvalue weighted by molar-refractivity contribution is -0.275. The number of alkyl halides is 3. The molecule has 0 fully saturated rings. The zero-order chi connectivity index (χ0) is 24.1. The molecule has 10 heteroatoms. The van der Waals surface area contributed by atoms with Crippen LogP contribution in [-0.4, -0.2) is 27.7 Å². The van der Waals surface area contributed by atoms with Crippen molar-refractivity contribution in [2.75, 3.05) is 0 Å². The summed E-state index contributed by atoms with van der Waals surface area (Å²) in [5.74, 6) is -0.157. The SMILES string of the molecule is O=C1c2ccc(C3=NOC(c4cc(Cl)cc(Cl)c4)(C(F)(F)F)C3)cc2CN1Cc1ccccn1. The van der Waals surface area contributed by atoms with Crippen molar-refractivity contribution in [1.29, 1.82) is 0 Å². The van der Waals surface area contributed by atoms with Crippen molar-refractivity contribution in [3.8, 4) is 0 Å². The van der Waals surface area contributed by atoms with Crippen LogP contribution in [0.25, 0.3) is 0 Å². The van der Waals surface area contributed by atoms with Crippen molar-refractivity contribution < 1.29 is 22.8 Å². The molecule has 0 saturated carbocycles. The van der Waals surface area contributed by atoms with Gasteiger partial charge in [0.2, 0.25) is 0 Å². The van der Waals surface area contributed by atoms with Crippen LogP contribution in [-0.2, 0) is 23.5 Å². The average molecular weight is 506 g/mol. The van der Waals surface area contributed by atoms with E-state index in [1.165, 1.54) is 18.2 Å². The molecule has 0 saturated heterocycles. The third kappa shape index (κ3) is 3.91. The van der Waals surface area contributed by atoms with Gasteiger partial charge in [-0.15, -0.1) is 0 Å². The summed E-state index contributed by atoms with van der Waals surface area (Å²) in [5, 5.41) is 3.92. The van der Waals surface area contributed by atoms with Crippen LogP contribution in [0.2, 0.25) is 10.0 Å². The number of hydrogen-bond acceptors (Lipinski definition) is 4. The van der Waals surface area contributed by atoms with E-state index < -0.39 is 18.2 Å². The Hall–Kier alpha value is -3.10. The molecule has 0 radical (unpaired) electrons. The fourth-order valence-corrected chi connectivity index (χ4v) is 4.75. The second kappa shape index (κ2) is 8.29. The largest absolute Gasteiger partial charge is 0.435 e. The Bertz CT molecular complexity index is 1290. The minimum Gasteiger partial charge on any atom is -0.374 e. The van der Waals surface area contributed by atoms with Gasteiger partial charge in [0.25, 0.3) is 11.5 Å². The molecule has 34 heavy (non-hydrogen) atoms. The second-order valence-electron chi connectivity index (χ2n) is 8.14. The van der Waals surface area contributed by atoms with E-state index in [4.69, 9.17) is 28.0 Å². The molecule has 1 unspecified atom stereocenters. The Kier molecular flexibility index (Phi) is 5.53. The van der Waals surface area contributed by atoms with Gasteiger partial charge < -0.3 is 9.74 Å². The Balaban J connectivity index is 1.42. The molecule has 2 aromatic carbocycles. The number of amides is 1. The number of hydrogen-bond donors (Lipinski definition) is 0. The smallest absolute Gasteiger partial charge is 0.374 e. The molecule has 2 aliphatic rings. The van der Waals surface area contributed by atoms with Crippen LogP contribution < -0.4 is 0 Å². The molecule has 0 bridgehead atoms. The molecule has 1 atom stereocenters. The molecule has 1 aromatic heterocycles. The monoisotopic (exact) mass is 505 g/mol. The molecule has 174 valence electrons. The van der Waals surface area contributed by atoms with Crippen LogP contribution >= 0.6 is 23.2 Å². The number of oxime groups is 1. The number of aromatic nitrogens is 1. The Morgan fingerprint density at radius 3 is 2.50 bits per heavy atom. The molecular formula is C24H16Cl2F3N3O2. The minimum absolute atomic E-state index is 0.0622. The van der Waals surface area contributed by atoms with E-state index in [-0.39, 0.29) is 27.2 Å². The van der Waals surface area contributed by atoms with E-state index in [1.54, 1.807) is 35.4 Å². The number of halogens is 5. The van der Waals surface area contributed by atoms with Crippen LogP contribution in [0.5, 0.6) is 0 Å². The van der Waals surface area contributed by atoms with Gasteiger partial charge in [0.1, 0.15) is 0 Å². The zero-order valence-electron chi connectivity index (χ0n) is 17.4. The molecule has 5 nitrogen and oxygen atoms in total. The Labute approximate surface area is 202 Å². The van der Waals surface area contributed by atoms with Crippen molar-refractivity contribution in [2.24, 2.45) is 5.16 Å². The predicted octanol–water partition coefficient (Wildman–Crippen LogP) is 6.13. The maximum atomic E-state index is 14.2. The summed E-state index contributed by atoms with van der Waals surface area (Å²) < 4.78 is 42.7. The van der Waals surface area contributed by atoms with Crippen LogP contribution in [0.1, 0.15) is 39.2 Å². The second-order valence-corrected chi connectivity index (χ2v) is 9.02. The summed E-state index contributed by atoms with van der Waals surface area (Å²) in [5.41, 5.74) is -0.421. The maximum absolute atomic E-state index is 14.2. The van der Waals surface area contributed by atoms with Gasteiger partial charge in [-0.05, 0) is 53.6 Å². The van der Waals surface area contributed by atoms with Gasteiger partial charge >= 0.3 is 6.18 Å². The van der Waals surface area contributed by atoms with E-state index in [0.29, 0.717) is 29.8 Å². The molecule has 1 amide bonds. The van der Waals surface area contributed by atoms with Gasteiger partial charge in [0.05, 0.1) is 18.0 Å². The summed E-state index contributed by atoms with van der Waals surface area (Å²) >= 11 is 11.9. The lowest BCUT2D eigenvalue weighted by atomic mass is 9.86. The molecule has 0 spiro atoms. The Morgan fingerprint density at radius 1 is 1.06 bits per heavy atom. The molecular weight excluding hydrogens is 490 g/mol. The van der Waals surface area contributed by atoms with E-state index in [1.807, 2.05) is 12.1 Å². The number of rotatable bonds is 4. The van der Waals surface area contributed by atoms with Crippen molar-refractivity contribution in [3.05, 3.63) is 98.8 Å². The maximum Gasteiger partial charge on any atom is 0.435 e. The van der Waals surface area contributed by atoms with E-state index in [0.717, 1.165) is 5.69 Å². The summed E-state index contributed by atoms with van der Waals surface area (Å²) in [6.45, 7) is 0.654. The third-order valence-corrected chi connectivity index (χ3v) is 6.35. The molecule has 3 aromatic rings. The van der Waals surface area contributed by atoms with Gasteiger partial charge in [-0.25, -0.2) is 0 Å². The lowest BCUT2D eigenvalue weighted by Crippen LogP contribution is -2.42. The summed E-state index contributed by atoms with van der Waals surface area (Å²) in [6, 6.07) is 14.0. The third-order valence-electron chi connectivity index (χ3n) is 5.91. The van der Waals surface area contributed by atoms with Crippen LogP contribution in [0.15, 0.2) is 65.9 Å². The van der Waals surface area contributed by atoms with Gasteiger partial charge in [0, 0.05) is 40.3 Å². The standard InChI is InChI=1S/C24H16Cl2F3N3O2/c25-17-8-16(9-18(26)10-17)23(24(27,28)29)11-21(31-34-23)14-4-5-20-15(7-14)12-32(22(20)33)13-19-3-1-2-6-30-19/h1-10H,11-13H2. The number of nitrogens with zero attached hydrogens (tertiary/aromatic N) is 3.